The number of nitrogens with zero attached hydrogens (tertiary/aromatic N) is 1. The van der Waals surface area contributed by atoms with Crippen LogP contribution in [0.5, 0.6) is 0 Å². The van der Waals surface area contributed by atoms with Crippen molar-refractivity contribution in [3.8, 4) is 6.07 Å². The number of alkyl halides is 3. The van der Waals surface area contributed by atoms with Crippen LogP contribution >= 0.6 is 0 Å². The molecule has 0 aliphatic heterocycles. The number of nitrogens with one attached hydrogen (secondary N) is 1. The van der Waals surface area contributed by atoms with Crippen LogP contribution in [0.1, 0.15) is 57.8 Å². The van der Waals surface area contributed by atoms with Crippen LogP contribution in [0.3, 0.4) is 0 Å². The molecule has 2 rings (SSSR count). The second-order valence-electron chi connectivity index (χ2n) is 6.28. The maximum atomic E-state index is 13.1. The zero-order valence-corrected chi connectivity index (χ0v) is 12.0. The molecule has 0 spiro atoms. The van der Waals surface area contributed by atoms with Gasteiger partial charge in [-0.05, 0) is 25.7 Å². The highest BCUT2D eigenvalue weighted by Crippen LogP contribution is 2.42. The standard InChI is InChI=1S/C15H21F3N2O/c16-15(17,18)12-7-3-2-6-11(12)13(21)20-14(10-19)8-4-1-5-9-14/h11-12H,1-9H2,(H,20,21). The lowest BCUT2D eigenvalue weighted by atomic mass is 9.76. The Bertz CT molecular complexity index is 422. The van der Waals surface area contributed by atoms with Crippen LogP contribution in [0.2, 0.25) is 0 Å². The molecule has 0 aromatic carbocycles. The third-order valence-corrected chi connectivity index (χ3v) is 4.81. The predicted molar refractivity (Wildman–Crippen MR) is 71.1 cm³/mol. The van der Waals surface area contributed by atoms with Crippen molar-refractivity contribution < 1.29 is 18.0 Å². The van der Waals surface area contributed by atoms with Crippen LogP contribution in [-0.2, 0) is 4.79 Å². The van der Waals surface area contributed by atoms with Gasteiger partial charge < -0.3 is 5.32 Å². The molecule has 0 saturated heterocycles. The molecular formula is C15H21F3N2O. The molecular weight excluding hydrogens is 281 g/mol. The molecule has 0 heterocycles. The molecule has 0 radical (unpaired) electrons. The number of carbonyl (C=O) groups excluding carboxylic acids is 1. The molecule has 3 nitrogen and oxygen atoms in total. The van der Waals surface area contributed by atoms with Crippen molar-refractivity contribution in [3.05, 3.63) is 0 Å². The number of rotatable bonds is 2. The lowest BCUT2D eigenvalue weighted by molar-refractivity contribution is -0.198. The first-order valence-corrected chi connectivity index (χ1v) is 7.68. The van der Waals surface area contributed by atoms with Crippen molar-refractivity contribution in [3.63, 3.8) is 0 Å². The molecule has 2 fully saturated rings. The van der Waals surface area contributed by atoms with Crippen LogP contribution in [0.4, 0.5) is 13.2 Å². The Labute approximate surface area is 122 Å². The summed E-state index contributed by atoms with van der Waals surface area (Å²) in [4.78, 5) is 12.3. The Morgan fingerprint density at radius 3 is 2.29 bits per heavy atom. The van der Waals surface area contributed by atoms with Crippen molar-refractivity contribution in [1.29, 1.82) is 5.26 Å². The van der Waals surface area contributed by atoms with Crippen LogP contribution < -0.4 is 5.32 Å². The van der Waals surface area contributed by atoms with Gasteiger partial charge in [-0.2, -0.15) is 18.4 Å². The van der Waals surface area contributed by atoms with E-state index in [1.165, 1.54) is 0 Å². The van der Waals surface area contributed by atoms with E-state index in [0.717, 1.165) is 19.3 Å². The van der Waals surface area contributed by atoms with Crippen LogP contribution in [0.25, 0.3) is 0 Å². The first-order valence-electron chi connectivity index (χ1n) is 7.68. The van der Waals surface area contributed by atoms with E-state index in [1.54, 1.807) is 0 Å². The minimum Gasteiger partial charge on any atom is -0.338 e. The number of nitriles is 1. The predicted octanol–water partition coefficient (Wildman–Crippen LogP) is 3.70. The number of hydrogen-bond acceptors (Lipinski definition) is 2. The number of halogens is 3. The summed E-state index contributed by atoms with van der Waals surface area (Å²) in [5.41, 5.74) is -0.955. The normalized spacial score (nSPS) is 29.4. The maximum Gasteiger partial charge on any atom is 0.392 e. The summed E-state index contributed by atoms with van der Waals surface area (Å²) in [7, 11) is 0. The van der Waals surface area contributed by atoms with Crippen LogP contribution in [-0.4, -0.2) is 17.6 Å². The second-order valence-corrected chi connectivity index (χ2v) is 6.28. The Balaban J connectivity index is 2.08. The topological polar surface area (TPSA) is 52.9 Å². The van der Waals surface area contributed by atoms with Gasteiger partial charge in [0, 0.05) is 5.92 Å². The molecule has 2 saturated carbocycles. The SMILES string of the molecule is N#CC1(NC(=O)C2CCCCC2C(F)(F)F)CCCCC1. The number of carbonyl (C=O) groups is 1. The second kappa shape index (κ2) is 6.25. The maximum absolute atomic E-state index is 13.1. The van der Waals surface area contributed by atoms with E-state index in [9.17, 15) is 23.2 Å². The molecule has 1 N–H and O–H groups in total. The fraction of sp³-hybridized carbons (Fsp3) is 0.867. The average molecular weight is 302 g/mol. The number of hydrogen-bond donors (Lipinski definition) is 1. The van der Waals surface area contributed by atoms with Gasteiger partial charge >= 0.3 is 6.18 Å². The molecule has 2 aliphatic rings. The molecule has 2 unspecified atom stereocenters. The molecule has 0 aromatic rings. The van der Waals surface area contributed by atoms with E-state index in [4.69, 9.17) is 0 Å². The Morgan fingerprint density at radius 1 is 1.10 bits per heavy atom. The van der Waals surface area contributed by atoms with Gasteiger partial charge in [0.15, 0.2) is 0 Å². The van der Waals surface area contributed by atoms with Gasteiger partial charge in [0.2, 0.25) is 5.91 Å². The summed E-state index contributed by atoms with van der Waals surface area (Å²) in [5, 5.41) is 12.0. The largest absolute Gasteiger partial charge is 0.392 e. The van der Waals surface area contributed by atoms with Gasteiger partial charge in [-0.15, -0.1) is 0 Å². The van der Waals surface area contributed by atoms with Gasteiger partial charge in [-0.3, -0.25) is 4.79 Å². The zero-order chi connectivity index (χ0) is 15.5. The monoisotopic (exact) mass is 302 g/mol. The highest BCUT2D eigenvalue weighted by Gasteiger charge is 2.49. The highest BCUT2D eigenvalue weighted by molar-refractivity contribution is 5.80. The molecule has 0 aromatic heterocycles. The summed E-state index contributed by atoms with van der Waals surface area (Å²) >= 11 is 0. The van der Waals surface area contributed by atoms with E-state index in [2.05, 4.69) is 11.4 Å². The fourth-order valence-corrected chi connectivity index (χ4v) is 3.59. The third kappa shape index (κ3) is 3.69. The van der Waals surface area contributed by atoms with E-state index in [0.29, 0.717) is 25.7 Å². The zero-order valence-electron chi connectivity index (χ0n) is 12.0. The lowest BCUT2D eigenvalue weighted by Gasteiger charge is -2.36. The summed E-state index contributed by atoms with van der Waals surface area (Å²) in [6.45, 7) is 0. The molecule has 118 valence electrons. The molecule has 21 heavy (non-hydrogen) atoms. The van der Waals surface area contributed by atoms with Crippen molar-refractivity contribution >= 4 is 5.91 Å². The lowest BCUT2D eigenvalue weighted by Crippen LogP contribution is -2.53. The van der Waals surface area contributed by atoms with Crippen molar-refractivity contribution in [2.45, 2.75) is 69.5 Å². The van der Waals surface area contributed by atoms with Crippen molar-refractivity contribution in [2.24, 2.45) is 11.8 Å². The van der Waals surface area contributed by atoms with E-state index < -0.39 is 29.5 Å². The average Bonchev–Trinajstić information content (AvgIpc) is 2.47. The summed E-state index contributed by atoms with van der Waals surface area (Å²) in [5.74, 6) is -3.18. The van der Waals surface area contributed by atoms with Crippen LogP contribution in [0.15, 0.2) is 0 Å². The number of amides is 1. The molecule has 1 amide bonds. The fourth-order valence-electron chi connectivity index (χ4n) is 3.59. The summed E-state index contributed by atoms with van der Waals surface area (Å²) in [6.07, 6.45) is 0.850. The Morgan fingerprint density at radius 2 is 1.71 bits per heavy atom. The van der Waals surface area contributed by atoms with E-state index in [1.807, 2.05) is 0 Å². The van der Waals surface area contributed by atoms with Crippen molar-refractivity contribution in [1.82, 2.24) is 5.32 Å². The van der Waals surface area contributed by atoms with Gasteiger partial charge in [0.25, 0.3) is 0 Å². The van der Waals surface area contributed by atoms with E-state index >= 15 is 0 Å². The van der Waals surface area contributed by atoms with E-state index in [-0.39, 0.29) is 12.8 Å². The minimum atomic E-state index is -4.34. The van der Waals surface area contributed by atoms with Gasteiger partial charge in [-0.25, -0.2) is 0 Å². The molecule has 6 heteroatoms. The highest BCUT2D eigenvalue weighted by atomic mass is 19.4. The van der Waals surface area contributed by atoms with Gasteiger partial charge in [0.1, 0.15) is 5.54 Å². The smallest absolute Gasteiger partial charge is 0.338 e. The molecule has 0 bridgehead atoms. The summed E-state index contributed by atoms with van der Waals surface area (Å²) < 4.78 is 39.2. The quantitative estimate of drug-likeness (QED) is 0.845. The first kappa shape index (κ1) is 16.1. The van der Waals surface area contributed by atoms with Gasteiger partial charge in [0.05, 0.1) is 12.0 Å². The van der Waals surface area contributed by atoms with Gasteiger partial charge in [-0.1, -0.05) is 32.1 Å². The minimum absolute atomic E-state index is 0.0150. The molecule has 2 aliphatic carbocycles. The summed E-state index contributed by atoms with van der Waals surface area (Å²) in [6, 6.07) is 2.13. The first-order chi connectivity index (χ1) is 9.88. The Kier molecular flexibility index (Phi) is 4.80. The van der Waals surface area contributed by atoms with Crippen molar-refractivity contribution in [2.75, 3.05) is 0 Å². The molecule has 2 atom stereocenters. The Hall–Kier alpha value is -1.25. The van der Waals surface area contributed by atoms with Crippen LogP contribution in [0, 0.1) is 23.2 Å². The third-order valence-electron chi connectivity index (χ3n) is 4.81.